The monoisotopic (exact) mass is 491 g/mol. The van der Waals surface area contributed by atoms with Crippen LogP contribution >= 0.6 is 11.3 Å². The summed E-state index contributed by atoms with van der Waals surface area (Å²) in [5.74, 6) is -0.132. The van der Waals surface area contributed by atoms with Crippen LogP contribution in [0, 0.1) is 5.92 Å². The van der Waals surface area contributed by atoms with Crippen molar-refractivity contribution in [3.8, 4) is 5.13 Å². The van der Waals surface area contributed by atoms with Gasteiger partial charge in [-0.15, -0.1) is 11.3 Å². The van der Waals surface area contributed by atoms with Crippen LogP contribution in [-0.2, 0) is 18.1 Å². The molecule has 2 aliphatic heterocycles. The molecule has 5 heterocycles. The number of hydrogen-bond donors (Lipinski definition) is 0. The molecule has 0 aliphatic carbocycles. The third-order valence-corrected chi connectivity index (χ3v) is 7.24. The highest BCUT2D eigenvalue weighted by Crippen LogP contribution is 2.37. The van der Waals surface area contributed by atoms with Gasteiger partial charge in [0.15, 0.2) is 5.69 Å². The molecule has 2 bridgehead atoms. The second-order valence-electron chi connectivity index (χ2n) is 10.00. The largest absolute Gasteiger partial charge is 0.433 e. The van der Waals surface area contributed by atoms with Gasteiger partial charge in [0, 0.05) is 48.1 Å². The van der Waals surface area contributed by atoms with Crippen LogP contribution in [0.25, 0.3) is 5.13 Å². The lowest BCUT2D eigenvalue weighted by Crippen LogP contribution is -2.49. The third-order valence-electron chi connectivity index (χ3n) is 6.43. The van der Waals surface area contributed by atoms with E-state index in [4.69, 9.17) is 0 Å². The van der Waals surface area contributed by atoms with Crippen LogP contribution in [0.15, 0.2) is 34.4 Å². The molecule has 0 saturated carbocycles. The number of fused-ring (bicyclic) bond motifs is 4. The van der Waals surface area contributed by atoms with Gasteiger partial charge in [-0.1, -0.05) is 26.8 Å². The molecule has 1 amide bonds. The maximum Gasteiger partial charge on any atom is 0.433 e. The summed E-state index contributed by atoms with van der Waals surface area (Å²) >= 11 is 0.957. The molecule has 0 aromatic carbocycles. The fraction of sp³-hybridized carbons (Fsp3) is 0.478. The average Bonchev–Trinajstić information content (AvgIpc) is 3.41. The van der Waals surface area contributed by atoms with Gasteiger partial charge in [0.25, 0.3) is 11.5 Å². The summed E-state index contributed by atoms with van der Waals surface area (Å²) in [4.78, 5) is 31.4. The fourth-order valence-corrected chi connectivity index (χ4v) is 5.54. The molecule has 5 rings (SSSR count). The number of likely N-dealkylation sites (tertiary alicyclic amines) is 1. The van der Waals surface area contributed by atoms with Gasteiger partial charge in [-0.3, -0.25) is 9.59 Å². The number of rotatable bonds is 2. The van der Waals surface area contributed by atoms with Crippen molar-refractivity contribution in [3.63, 3.8) is 0 Å². The van der Waals surface area contributed by atoms with E-state index in [2.05, 4.69) is 10.1 Å². The molecule has 1 saturated heterocycles. The van der Waals surface area contributed by atoms with Gasteiger partial charge >= 0.3 is 6.18 Å². The minimum absolute atomic E-state index is 0.000256. The van der Waals surface area contributed by atoms with Crippen LogP contribution in [0.3, 0.4) is 0 Å². The van der Waals surface area contributed by atoms with E-state index in [0.29, 0.717) is 25.3 Å². The van der Waals surface area contributed by atoms with Crippen molar-refractivity contribution in [3.05, 3.63) is 62.8 Å². The number of amides is 1. The highest BCUT2D eigenvalue weighted by Gasteiger charge is 2.39. The molecule has 3 aromatic rings. The van der Waals surface area contributed by atoms with Crippen molar-refractivity contribution in [1.29, 1.82) is 0 Å². The molecule has 0 unspecified atom stereocenters. The molecular weight excluding hydrogens is 467 g/mol. The average molecular weight is 492 g/mol. The molecular formula is C23H24F3N5O2S. The Morgan fingerprint density at radius 2 is 1.91 bits per heavy atom. The quantitative estimate of drug-likeness (QED) is 0.542. The second-order valence-corrected chi connectivity index (χ2v) is 10.8. The Morgan fingerprint density at radius 1 is 1.15 bits per heavy atom. The maximum absolute atomic E-state index is 13.7. The van der Waals surface area contributed by atoms with E-state index < -0.39 is 17.3 Å². The lowest BCUT2D eigenvalue weighted by Gasteiger charge is -2.42. The Morgan fingerprint density at radius 3 is 2.62 bits per heavy atom. The molecule has 1 fully saturated rings. The van der Waals surface area contributed by atoms with Gasteiger partial charge in [-0.2, -0.15) is 18.3 Å². The molecule has 0 spiro atoms. The van der Waals surface area contributed by atoms with Crippen molar-refractivity contribution in [2.45, 2.75) is 51.2 Å². The Hall–Kier alpha value is -2.95. The topological polar surface area (TPSA) is 73.0 Å². The normalized spacial score (nSPS) is 20.4. The van der Waals surface area contributed by atoms with E-state index >= 15 is 0 Å². The smallest absolute Gasteiger partial charge is 0.336 e. The molecule has 180 valence electrons. The molecule has 0 N–H and O–H groups in total. The number of thiazole rings is 1. The first kappa shape index (κ1) is 22.8. The minimum Gasteiger partial charge on any atom is -0.336 e. The van der Waals surface area contributed by atoms with Crippen molar-refractivity contribution in [1.82, 2.24) is 24.2 Å². The summed E-state index contributed by atoms with van der Waals surface area (Å²) in [6, 6.07) is 6.23. The summed E-state index contributed by atoms with van der Waals surface area (Å²) in [6.45, 7) is 6.83. The zero-order valence-corrected chi connectivity index (χ0v) is 19.8. The fourth-order valence-electron chi connectivity index (χ4n) is 4.78. The van der Waals surface area contributed by atoms with E-state index in [9.17, 15) is 22.8 Å². The number of hydrogen-bond acceptors (Lipinski definition) is 5. The zero-order chi connectivity index (χ0) is 24.4. The van der Waals surface area contributed by atoms with Crippen molar-refractivity contribution >= 4 is 17.2 Å². The van der Waals surface area contributed by atoms with Gasteiger partial charge in [0.2, 0.25) is 5.13 Å². The molecule has 0 radical (unpaired) electrons. The predicted octanol–water partition coefficient (Wildman–Crippen LogP) is 4.07. The Kier molecular flexibility index (Phi) is 5.23. The van der Waals surface area contributed by atoms with Crippen LogP contribution in [0.5, 0.6) is 0 Å². The second kappa shape index (κ2) is 7.79. The number of aromatic nitrogens is 4. The van der Waals surface area contributed by atoms with E-state index in [-0.39, 0.29) is 34.1 Å². The van der Waals surface area contributed by atoms with Gasteiger partial charge in [0.1, 0.15) is 5.69 Å². The first-order chi connectivity index (χ1) is 15.9. The van der Waals surface area contributed by atoms with Crippen LogP contribution in [0.2, 0.25) is 0 Å². The predicted molar refractivity (Wildman–Crippen MR) is 120 cm³/mol. The van der Waals surface area contributed by atoms with Crippen LogP contribution < -0.4 is 5.56 Å². The van der Waals surface area contributed by atoms with Crippen molar-refractivity contribution in [2.75, 3.05) is 13.1 Å². The number of carbonyl (C=O) groups is 1. The third kappa shape index (κ3) is 3.95. The van der Waals surface area contributed by atoms with E-state index in [1.54, 1.807) is 42.4 Å². The summed E-state index contributed by atoms with van der Waals surface area (Å²) < 4.78 is 43.6. The van der Waals surface area contributed by atoms with Gasteiger partial charge in [-0.05, 0) is 24.5 Å². The minimum atomic E-state index is -4.61. The van der Waals surface area contributed by atoms with Crippen molar-refractivity contribution < 1.29 is 18.0 Å². The Bertz CT molecular complexity index is 1320. The first-order valence-corrected chi connectivity index (χ1v) is 11.9. The highest BCUT2D eigenvalue weighted by molar-refractivity contribution is 7.12. The van der Waals surface area contributed by atoms with Gasteiger partial charge in [0.05, 0.1) is 5.69 Å². The zero-order valence-electron chi connectivity index (χ0n) is 19.0. The summed E-state index contributed by atoms with van der Waals surface area (Å²) in [5.41, 5.74) is -0.218. The van der Waals surface area contributed by atoms with Gasteiger partial charge < -0.3 is 9.47 Å². The standard InChI is InChI=1S/C23H24F3N5O2S/c1-22(2,3)17-8-18(23(24,25)26)31(28-17)21-27-15(12-34-21)20(33)29-9-13-7-14(11-29)16-5-4-6-19(32)30(16)10-13/h4-6,8,12-14H,7,9-11H2,1-3H3/t13-,14-/m1/s1. The van der Waals surface area contributed by atoms with Crippen LogP contribution in [-0.4, -0.2) is 43.2 Å². The number of halogens is 3. The Balaban J connectivity index is 1.43. The van der Waals surface area contributed by atoms with E-state index in [1.807, 2.05) is 6.07 Å². The Labute approximate surface area is 197 Å². The number of piperidine rings is 1. The highest BCUT2D eigenvalue weighted by atomic mass is 32.1. The van der Waals surface area contributed by atoms with Crippen molar-refractivity contribution in [2.24, 2.45) is 5.92 Å². The van der Waals surface area contributed by atoms with Crippen LogP contribution in [0.1, 0.15) is 60.7 Å². The van der Waals surface area contributed by atoms with Gasteiger partial charge in [-0.25, -0.2) is 9.67 Å². The van der Waals surface area contributed by atoms with Crippen LogP contribution in [0.4, 0.5) is 13.2 Å². The maximum atomic E-state index is 13.7. The molecule has 7 nitrogen and oxygen atoms in total. The molecule has 34 heavy (non-hydrogen) atoms. The number of nitrogens with zero attached hydrogens (tertiary/aromatic N) is 5. The molecule has 11 heteroatoms. The molecule has 2 atom stereocenters. The molecule has 3 aromatic heterocycles. The first-order valence-electron chi connectivity index (χ1n) is 11.0. The number of alkyl halides is 3. The number of carbonyl (C=O) groups excluding carboxylic acids is 1. The van der Waals surface area contributed by atoms with E-state index in [0.717, 1.165) is 34.2 Å². The summed E-state index contributed by atoms with van der Waals surface area (Å²) in [7, 11) is 0. The SMILES string of the molecule is CC(C)(C)c1cc(C(F)(F)F)n(-c2nc(C(=O)N3C[C@H]4C[C@H](C3)c3cccc(=O)n3C4)cs2)n1. The summed E-state index contributed by atoms with van der Waals surface area (Å²) in [5, 5.41) is 5.66. The lowest BCUT2D eigenvalue weighted by molar-refractivity contribution is -0.142. The lowest BCUT2D eigenvalue weighted by atomic mass is 9.83. The van der Waals surface area contributed by atoms with E-state index in [1.165, 1.54) is 5.38 Å². The summed E-state index contributed by atoms with van der Waals surface area (Å²) in [6.07, 6.45) is -3.71. The molecule has 2 aliphatic rings. The number of pyridine rings is 1.